The van der Waals surface area contributed by atoms with Crippen molar-refractivity contribution in [3.8, 4) is 5.75 Å². The number of hydrogen-bond donors (Lipinski definition) is 0. The molecular formula is C7H6O. The molecule has 0 heterocycles. The Morgan fingerprint density at radius 2 is 2.25 bits per heavy atom. The fraction of sp³-hybridized carbons (Fsp3) is 0.143. The van der Waals surface area contributed by atoms with E-state index in [2.05, 4.69) is 12.1 Å². The van der Waals surface area contributed by atoms with Gasteiger partial charge < -0.3 is 4.74 Å². The van der Waals surface area contributed by atoms with Gasteiger partial charge >= 0.3 is 0 Å². The minimum absolute atomic E-state index is 1.03. The third-order valence-electron chi connectivity index (χ3n) is 1.51. The van der Waals surface area contributed by atoms with Crippen molar-refractivity contribution in [1.82, 2.24) is 0 Å². The number of methoxy groups -OCH3 is 1. The van der Waals surface area contributed by atoms with Crippen LogP contribution in [0.5, 0.6) is 5.75 Å². The number of ether oxygens (including phenoxy) is 1. The zero-order valence-electron chi connectivity index (χ0n) is 4.64. The molecule has 0 radical (unpaired) electrons. The van der Waals surface area contributed by atoms with E-state index in [1.807, 2.05) is 6.07 Å². The van der Waals surface area contributed by atoms with Crippen molar-refractivity contribution < 1.29 is 4.74 Å². The van der Waals surface area contributed by atoms with Crippen molar-refractivity contribution in [3.63, 3.8) is 0 Å². The van der Waals surface area contributed by atoms with E-state index in [0.29, 0.717) is 0 Å². The summed E-state index contributed by atoms with van der Waals surface area (Å²) in [5, 5.41) is 2.62. The highest BCUT2D eigenvalue weighted by Crippen LogP contribution is 2.22. The molecule has 1 heteroatoms. The number of hydrogen-bond acceptors (Lipinski definition) is 1. The summed E-state index contributed by atoms with van der Waals surface area (Å²) in [6.45, 7) is 0. The van der Waals surface area contributed by atoms with Crippen molar-refractivity contribution >= 4 is 0 Å². The van der Waals surface area contributed by atoms with Gasteiger partial charge in [-0.05, 0) is 11.3 Å². The molecule has 8 heavy (non-hydrogen) atoms. The summed E-state index contributed by atoms with van der Waals surface area (Å²) in [5.41, 5.74) is 0. The maximum absolute atomic E-state index is 4.97. The van der Waals surface area contributed by atoms with Gasteiger partial charge in [0.1, 0.15) is 5.75 Å². The predicted molar refractivity (Wildman–Crippen MR) is 30.7 cm³/mol. The lowest BCUT2D eigenvalue weighted by Gasteiger charge is -2.08. The number of benzene rings is 1. The molecule has 0 N–H and O–H groups in total. The van der Waals surface area contributed by atoms with E-state index >= 15 is 0 Å². The van der Waals surface area contributed by atoms with Gasteiger partial charge in [-0.15, -0.1) is 0 Å². The fourth-order valence-electron chi connectivity index (χ4n) is 0.923. The maximum atomic E-state index is 4.97. The van der Waals surface area contributed by atoms with E-state index in [0.717, 1.165) is 5.75 Å². The Labute approximate surface area is 47.2 Å². The van der Waals surface area contributed by atoms with E-state index in [4.69, 9.17) is 4.74 Å². The van der Waals surface area contributed by atoms with Crippen LogP contribution in [0.1, 0.15) is 0 Å². The van der Waals surface area contributed by atoms with E-state index in [-0.39, 0.29) is 0 Å². The third-order valence-corrected chi connectivity index (χ3v) is 1.51. The van der Waals surface area contributed by atoms with Crippen LogP contribution in [-0.4, -0.2) is 7.11 Å². The summed E-state index contributed by atoms with van der Waals surface area (Å²) >= 11 is 0. The predicted octanol–water partition coefficient (Wildman–Crippen LogP) is 1.30. The Kier molecular flexibility index (Phi) is 0.519. The highest BCUT2D eigenvalue weighted by atomic mass is 16.5. The quantitative estimate of drug-likeness (QED) is 0.532. The smallest absolute Gasteiger partial charge is 0.127 e. The molecule has 0 fully saturated rings. The molecule has 0 spiro atoms. The average molecular weight is 106 g/mol. The monoisotopic (exact) mass is 106 g/mol. The van der Waals surface area contributed by atoms with Gasteiger partial charge in [0.05, 0.1) is 7.11 Å². The highest BCUT2D eigenvalue weighted by Gasteiger charge is 2.03. The summed E-state index contributed by atoms with van der Waals surface area (Å²) in [4.78, 5) is 0. The standard InChI is InChI=1S/C7H6O/c1-8-7-4-5-2-3-6(5)7/h2-4H,1H3. The molecule has 2 aliphatic rings. The van der Waals surface area contributed by atoms with Crippen LogP contribution < -0.4 is 4.74 Å². The Hall–Kier alpha value is -0.980. The van der Waals surface area contributed by atoms with E-state index < -0.39 is 0 Å². The van der Waals surface area contributed by atoms with Crippen LogP contribution in [0.15, 0.2) is 18.2 Å². The lowest BCUT2D eigenvalue weighted by molar-refractivity contribution is 0.407. The van der Waals surface area contributed by atoms with Gasteiger partial charge in [0, 0.05) is 5.22 Å². The SMILES string of the molecule is COc1cc2ccc1=2. The first kappa shape index (κ1) is 3.96. The maximum Gasteiger partial charge on any atom is 0.127 e. The number of rotatable bonds is 1. The molecule has 0 bridgehead atoms. The van der Waals surface area contributed by atoms with Crippen molar-refractivity contribution in [1.29, 1.82) is 0 Å². The molecule has 2 rings (SSSR count). The summed E-state index contributed by atoms with van der Waals surface area (Å²) in [6, 6.07) is 6.18. The molecule has 0 aromatic heterocycles. The lowest BCUT2D eigenvalue weighted by Crippen LogP contribution is -1.92. The van der Waals surface area contributed by atoms with Gasteiger partial charge in [-0.1, -0.05) is 12.1 Å². The molecular weight excluding hydrogens is 100 g/mol. The summed E-state index contributed by atoms with van der Waals surface area (Å²) < 4.78 is 4.97. The highest BCUT2D eigenvalue weighted by molar-refractivity contribution is 5.38. The Bertz CT molecular complexity index is 301. The topological polar surface area (TPSA) is 9.23 Å². The Morgan fingerprint density at radius 1 is 1.38 bits per heavy atom. The van der Waals surface area contributed by atoms with E-state index in [9.17, 15) is 0 Å². The van der Waals surface area contributed by atoms with Crippen LogP contribution in [0, 0.1) is 10.4 Å². The largest absolute Gasteiger partial charge is 0.496 e. The van der Waals surface area contributed by atoms with Crippen molar-refractivity contribution in [2.45, 2.75) is 0 Å². The second-order valence-corrected chi connectivity index (χ2v) is 1.92. The van der Waals surface area contributed by atoms with Crippen molar-refractivity contribution in [3.05, 3.63) is 28.6 Å². The molecule has 0 aromatic rings. The lowest BCUT2D eigenvalue weighted by atomic mass is 10.1. The van der Waals surface area contributed by atoms with Gasteiger partial charge in [0.2, 0.25) is 0 Å². The summed E-state index contributed by atoms with van der Waals surface area (Å²) in [7, 11) is 1.70. The second kappa shape index (κ2) is 1.05. The van der Waals surface area contributed by atoms with Crippen LogP contribution >= 0.6 is 0 Å². The average Bonchev–Trinajstić information content (AvgIpc) is 1.76. The minimum Gasteiger partial charge on any atom is -0.496 e. The van der Waals surface area contributed by atoms with Gasteiger partial charge in [0.25, 0.3) is 0 Å². The van der Waals surface area contributed by atoms with Gasteiger partial charge in [-0.25, -0.2) is 0 Å². The minimum atomic E-state index is 1.03. The molecule has 2 aliphatic carbocycles. The molecule has 0 atom stereocenters. The Morgan fingerprint density at radius 3 is 2.38 bits per heavy atom. The molecule has 0 aromatic carbocycles. The molecule has 0 saturated heterocycles. The van der Waals surface area contributed by atoms with E-state index in [1.165, 1.54) is 10.4 Å². The van der Waals surface area contributed by atoms with Crippen LogP contribution in [0.2, 0.25) is 0 Å². The zero-order chi connectivity index (χ0) is 5.56. The van der Waals surface area contributed by atoms with E-state index in [1.54, 1.807) is 7.11 Å². The van der Waals surface area contributed by atoms with Gasteiger partial charge in [0.15, 0.2) is 0 Å². The Balaban J connectivity index is 2.63. The van der Waals surface area contributed by atoms with Crippen molar-refractivity contribution in [2.24, 2.45) is 0 Å². The summed E-state index contributed by atoms with van der Waals surface area (Å²) in [6.07, 6.45) is 0. The van der Waals surface area contributed by atoms with Crippen LogP contribution in [-0.2, 0) is 0 Å². The first-order valence-corrected chi connectivity index (χ1v) is 2.60. The first-order chi connectivity index (χ1) is 3.92. The van der Waals surface area contributed by atoms with Crippen LogP contribution in [0.3, 0.4) is 0 Å². The van der Waals surface area contributed by atoms with Crippen LogP contribution in [0.25, 0.3) is 0 Å². The third kappa shape index (κ3) is 0.250. The molecule has 0 unspecified atom stereocenters. The molecule has 1 nitrogen and oxygen atoms in total. The zero-order valence-corrected chi connectivity index (χ0v) is 4.64. The van der Waals surface area contributed by atoms with Crippen LogP contribution in [0.4, 0.5) is 0 Å². The molecule has 0 amide bonds. The molecule has 0 saturated carbocycles. The molecule has 40 valence electrons. The van der Waals surface area contributed by atoms with Gasteiger partial charge in [-0.3, -0.25) is 0 Å². The summed E-state index contributed by atoms with van der Waals surface area (Å²) in [5.74, 6) is 1.03. The van der Waals surface area contributed by atoms with Crippen molar-refractivity contribution in [2.75, 3.05) is 7.11 Å². The normalized spacial score (nSPS) is 11.1. The first-order valence-electron chi connectivity index (χ1n) is 2.60. The second-order valence-electron chi connectivity index (χ2n) is 1.92. The molecule has 0 aliphatic heterocycles. The van der Waals surface area contributed by atoms with Gasteiger partial charge in [-0.2, -0.15) is 0 Å². The fourth-order valence-corrected chi connectivity index (χ4v) is 0.923.